The van der Waals surface area contributed by atoms with E-state index in [1.165, 1.54) is 0 Å². The zero-order valence-electron chi connectivity index (χ0n) is 7.46. The maximum absolute atomic E-state index is 8.55. The molecule has 0 heterocycles. The van der Waals surface area contributed by atoms with Crippen molar-refractivity contribution in [1.29, 1.82) is 5.26 Å². The summed E-state index contributed by atoms with van der Waals surface area (Å²) in [6.07, 6.45) is 3.61. The highest BCUT2D eigenvalue weighted by Gasteiger charge is 1.88. The van der Waals surface area contributed by atoms with Gasteiger partial charge in [-0.3, -0.25) is 0 Å². The molecule has 0 aromatic heterocycles. The van der Waals surface area contributed by atoms with Gasteiger partial charge in [-0.2, -0.15) is 5.26 Å². The van der Waals surface area contributed by atoms with Gasteiger partial charge >= 0.3 is 0 Å². The molecule has 0 N–H and O–H groups in total. The molecule has 0 saturated heterocycles. The molecule has 0 aliphatic heterocycles. The van der Waals surface area contributed by atoms with Crippen molar-refractivity contribution in [3.05, 3.63) is 51.9 Å². The van der Waals surface area contributed by atoms with Crippen molar-refractivity contribution >= 4 is 6.08 Å². The highest BCUT2D eigenvalue weighted by Crippen LogP contribution is 2.04. The first-order valence-corrected chi connectivity index (χ1v) is 4.04. The molecule has 0 atom stereocenters. The fraction of sp³-hybridized carbons (Fsp3) is 0.100. The predicted molar refractivity (Wildman–Crippen MR) is 54.2 cm³/mol. The van der Waals surface area contributed by atoms with Crippen LogP contribution < -0.4 is 0 Å². The maximum atomic E-state index is 8.55. The monoisotopic (exact) mass is 184 g/mol. The van der Waals surface area contributed by atoms with E-state index >= 15 is 0 Å². The Morgan fingerprint density at radius 1 is 1.43 bits per heavy atom. The van der Waals surface area contributed by atoms with E-state index in [0.717, 1.165) is 5.56 Å². The average Bonchev–Trinajstić information content (AvgIpc) is 2.25. The average molecular weight is 184 g/mol. The third-order valence-corrected chi connectivity index (χ3v) is 1.60. The summed E-state index contributed by atoms with van der Waals surface area (Å²) < 4.78 is 0. The number of nitrogens with zero attached hydrogens (tertiary/aromatic N) is 4. The normalized spacial score (nSPS) is 9.36. The van der Waals surface area contributed by atoms with Gasteiger partial charge in [0.15, 0.2) is 0 Å². The molecular formula is C10H8N4. The Labute approximate surface area is 81.7 Å². The predicted octanol–water partition coefficient (Wildman–Crippen LogP) is 2.88. The number of hydrogen-bond donors (Lipinski definition) is 0. The van der Waals surface area contributed by atoms with Gasteiger partial charge < -0.3 is 0 Å². The molecule has 0 aliphatic rings. The van der Waals surface area contributed by atoms with E-state index in [1.807, 2.05) is 24.3 Å². The summed E-state index contributed by atoms with van der Waals surface area (Å²) in [7, 11) is 0. The molecule has 4 nitrogen and oxygen atoms in total. The summed E-state index contributed by atoms with van der Waals surface area (Å²) >= 11 is 0. The molecule has 0 fully saturated rings. The van der Waals surface area contributed by atoms with Gasteiger partial charge in [-0.25, -0.2) is 0 Å². The highest BCUT2D eigenvalue weighted by atomic mass is 15.1. The molecular weight excluding hydrogens is 176 g/mol. The van der Waals surface area contributed by atoms with Gasteiger partial charge in [0.05, 0.1) is 11.6 Å². The standard InChI is InChI=1S/C10H8N4/c11-8-10-5-3-9(4-6-10)2-1-7-13-14-12/h1-6H,7H2. The van der Waals surface area contributed by atoms with Gasteiger partial charge in [0.25, 0.3) is 0 Å². The fourth-order valence-electron chi connectivity index (χ4n) is 0.941. The molecule has 0 saturated carbocycles. The Hall–Kier alpha value is -2.24. The van der Waals surface area contributed by atoms with E-state index in [1.54, 1.807) is 18.2 Å². The van der Waals surface area contributed by atoms with Gasteiger partial charge in [-0.05, 0) is 23.2 Å². The second-order valence-electron chi connectivity index (χ2n) is 2.55. The van der Waals surface area contributed by atoms with E-state index in [0.29, 0.717) is 12.1 Å². The molecule has 0 bridgehead atoms. The highest BCUT2D eigenvalue weighted by molar-refractivity contribution is 5.51. The zero-order chi connectivity index (χ0) is 10.2. The summed E-state index contributed by atoms with van der Waals surface area (Å²) in [5.74, 6) is 0. The molecule has 1 aromatic carbocycles. The Morgan fingerprint density at radius 3 is 2.71 bits per heavy atom. The Morgan fingerprint density at radius 2 is 2.14 bits per heavy atom. The van der Waals surface area contributed by atoms with Crippen molar-refractivity contribution in [3.63, 3.8) is 0 Å². The smallest absolute Gasteiger partial charge is 0.0991 e. The van der Waals surface area contributed by atoms with E-state index in [9.17, 15) is 0 Å². The van der Waals surface area contributed by atoms with Crippen molar-refractivity contribution in [2.75, 3.05) is 6.54 Å². The largest absolute Gasteiger partial charge is 0.192 e. The van der Waals surface area contributed by atoms with Crippen molar-refractivity contribution < 1.29 is 0 Å². The van der Waals surface area contributed by atoms with E-state index in [4.69, 9.17) is 10.8 Å². The van der Waals surface area contributed by atoms with Crippen molar-refractivity contribution in [3.8, 4) is 6.07 Å². The minimum absolute atomic E-state index is 0.344. The van der Waals surface area contributed by atoms with E-state index < -0.39 is 0 Å². The van der Waals surface area contributed by atoms with Crippen LogP contribution in [0.2, 0.25) is 0 Å². The van der Waals surface area contributed by atoms with Gasteiger partial charge in [0.2, 0.25) is 0 Å². The zero-order valence-corrected chi connectivity index (χ0v) is 7.46. The number of benzene rings is 1. The number of azide groups is 1. The van der Waals surface area contributed by atoms with Gasteiger partial charge in [0.1, 0.15) is 0 Å². The van der Waals surface area contributed by atoms with Crippen LogP contribution in [-0.4, -0.2) is 6.54 Å². The van der Waals surface area contributed by atoms with Crippen molar-refractivity contribution in [2.24, 2.45) is 5.11 Å². The Kier molecular flexibility index (Phi) is 3.81. The van der Waals surface area contributed by atoms with Crippen LogP contribution in [-0.2, 0) is 0 Å². The quantitative estimate of drug-likeness (QED) is 0.404. The van der Waals surface area contributed by atoms with Crippen LogP contribution >= 0.6 is 0 Å². The minimum atomic E-state index is 0.344. The summed E-state index contributed by atoms with van der Waals surface area (Å²) in [6, 6.07) is 9.20. The summed E-state index contributed by atoms with van der Waals surface area (Å²) in [6.45, 7) is 0.344. The van der Waals surface area contributed by atoms with Crippen molar-refractivity contribution in [1.82, 2.24) is 0 Å². The number of nitriles is 1. The molecule has 1 aromatic rings. The minimum Gasteiger partial charge on any atom is -0.192 e. The van der Waals surface area contributed by atoms with Gasteiger partial charge in [-0.15, -0.1) is 0 Å². The lowest BCUT2D eigenvalue weighted by atomic mass is 10.1. The second kappa shape index (κ2) is 5.41. The van der Waals surface area contributed by atoms with Crippen LogP contribution in [0.1, 0.15) is 11.1 Å². The van der Waals surface area contributed by atoms with Crippen LogP contribution in [0.4, 0.5) is 0 Å². The number of rotatable bonds is 3. The molecule has 68 valence electrons. The van der Waals surface area contributed by atoms with Crippen LogP contribution in [0.3, 0.4) is 0 Å². The Balaban J connectivity index is 2.65. The molecule has 0 spiro atoms. The van der Waals surface area contributed by atoms with E-state index in [-0.39, 0.29) is 0 Å². The lowest BCUT2D eigenvalue weighted by Crippen LogP contribution is -1.75. The topological polar surface area (TPSA) is 72.5 Å². The SMILES string of the molecule is N#Cc1ccc(C=CCN=[N+]=[N-])cc1. The van der Waals surface area contributed by atoms with Gasteiger partial charge in [0, 0.05) is 11.5 Å². The summed E-state index contributed by atoms with van der Waals surface area (Å²) in [4.78, 5) is 2.62. The lowest BCUT2D eigenvalue weighted by molar-refractivity contribution is 1.22. The third kappa shape index (κ3) is 3.02. The van der Waals surface area contributed by atoms with Crippen molar-refractivity contribution in [2.45, 2.75) is 0 Å². The lowest BCUT2D eigenvalue weighted by Gasteiger charge is -1.91. The molecule has 0 radical (unpaired) electrons. The van der Waals surface area contributed by atoms with Crippen LogP contribution in [0.15, 0.2) is 35.5 Å². The summed E-state index contributed by atoms with van der Waals surface area (Å²) in [5, 5.41) is 11.9. The van der Waals surface area contributed by atoms with Crippen LogP contribution in [0.5, 0.6) is 0 Å². The second-order valence-corrected chi connectivity index (χ2v) is 2.55. The maximum Gasteiger partial charge on any atom is 0.0991 e. The molecule has 0 amide bonds. The number of hydrogen-bond acceptors (Lipinski definition) is 2. The summed E-state index contributed by atoms with van der Waals surface area (Å²) in [5.41, 5.74) is 9.64. The Bertz CT molecular complexity index is 405. The van der Waals surface area contributed by atoms with E-state index in [2.05, 4.69) is 10.0 Å². The molecule has 4 heteroatoms. The van der Waals surface area contributed by atoms with Crippen LogP contribution in [0.25, 0.3) is 16.5 Å². The molecule has 0 aliphatic carbocycles. The molecule has 14 heavy (non-hydrogen) atoms. The molecule has 1 rings (SSSR count). The first-order chi connectivity index (χ1) is 6.86. The van der Waals surface area contributed by atoms with Gasteiger partial charge in [-0.1, -0.05) is 29.4 Å². The fourth-order valence-corrected chi connectivity index (χ4v) is 0.941. The third-order valence-electron chi connectivity index (χ3n) is 1.60. The first-order valence-electron chi connectivity index (χ1n) is 4.04. The molecule has 0 unspecified atom stereocenters. The van der Waals surface area contributed by atoms with Crippen LogP contribution in [0, 0.1) is 11.3 Å². The first kappa shape index (κ1) is 9.85.